The van der Waals surface area contributed by atoms with Gasteiger partial charge in [-0.3, -0.25) is 0 Å². The molecule has 8 aromatic carbocycles. The Labute approximate surface area is 278 Å². The van der Waals surface area contributed by atoms with E-state index in [1.165, 1.54) is 82.3 Å². The summed E-state index contributed by atoms with van der Waals surface area (Å²) >= 11 is 0. The Morgan fingerprint density at radius 3 is 1.71 bits per heavy atom. The highest BCUT2D eigenvalue weighted by atomic mass is 15.0. The molecular weight excluding hydrogens is 581 g/mol. The summed E-state index contributed by atoms with van der Waals surface area (Å²) in [6.45, 7) is 0. The van der Waals surface area contributed by atoms with Crippen LogP contribution >= 0.6 is 0 Å². The standard InChI is InChI=1S/C46H30N2/c1-3-13-32(14-4-1)37-21-12-24-45-46(37)40-30-34(26-28-44(40)47(45)35-17-5-2-6-18-35)33-25-27-43-39(29-33)38-20-9-10-22-42(38)48(43)41-23-11-16-31-15-7-8-19-36(31)41/h1-30H. The highest BCUT2D eigenvalue weighted by Crippen LogP contribution is 2.41. The summed E-state index contributed by atoms with van der Waals surface area (Å²) in [5, 5.41) is 7.54. The predicted molar refractivity (Wildman–Crippen MR) is 203 cm³/mol. The van der Waals surface area contributed by atoms with E-state index in [1.54, 1.807) is 0 Å². The number of hydrogen-bond acceptors (Lipinski definition) is 0. The molecule has 10 aromatic rings. The van der Waals surface area contributed by atoms with Crippen LogP contribution in [-0.4, -0.2) is 9.13 Å². The summed E-state index contributed by atoms with van der Waals surface area (Å²) in [7, 11) is 0. The molecule has 2 heterocycles. The smallest absolute Gasteiger partial charge is 0.0547 e. The van der Waals surface area contributed by atoms with Crippen molar-refractivity contribution in [1.29, 1.82) is 0 Å². The lowest BCUT2D eigenvalue weighted by Gasteiger charge is -2.12. The molecule has 0 spiro atoms. The van der Waals surface area contributed by atoms with E-state index < -0.39 is 0 Å². The van der Waals surface area contributed by atoms with Crippen molar-refractivity contribution >= 4 is 54.4 Å². The summed E-state index contributed by atoms with van der Waals surface area (Å²) in [4.78, 5) is 0. The number of aromatic nitrogens is 2. The predicted octanol–water partition coefficient (Wildman–Crippen LogP) is 12.4. The minimum absolute atomic E-state index is 1.16. The Balaban J connectivity index is 1.23. The number of hydrogen-bond donors (Lipinski definition) is 0. The Morgan fingerprint density at radius 1 is 0.312 bits per heavy atom. The van der Waals surface area contributed by atoms with Crippen LogP contribution in [-0.2, 0) is 0 Å². The second kappa shape index (κ2) is 10.6. The first-order valence-corrected chi connectivity index (χ1v) is 16.5. The molecule has 224 valence electrons. The summed E-state index contributed by atoms with van der Waals surface area (Å²) in [5.74, 6) is 0. The first-order chi connectivity index (χ1) is 23.8. The van der Waals surface area contributed by atoms with Crippen molar-refractivity contribution in [3.8, 4) is 33.6 Å². The fourth-order valence-electron chi connectivity index (χ4n) is 7.78. The maximum absolute atomic E-state index is 2.43. The van der Waals surface area contributed by atoms with Crippen LogP contribution in [0.5, 0.6) is 0 Å². The van der Waals surface area contributed by atoms with Gasteiger partial charge in [0.1, 0.15) is 0 Å². The van der Waals surface area contributed by atoms with Gasteiger partial charge in [-0.05, 0) is 82.2 Å². The number of para-hydroxylation sites is 2. The lowest BCUT2D eigenvalue weighted by molar-refractivity contribution is 1.18. The van der Waals surface area contributed by atoms with Crippen LogP contribution < -0.4 is 0 Å². The maximum Gasteiger partial charge on any atom is 0.0547 e. The zero-order valence-electron chi connectivity index (χ0n) is 26.2. The molecule has 0 saturated carbocycles. The Hall–Kier alpha value is -6.38. The van der Waals surface area contributed by atoms with Crippen LogP contribution in [0.3, 0.4) is 0 Å². The van der Waals surface area contributed by atoms with Gasteiger partial charge in [-0.15, -0.1) is 0 Å². The van der Waals surface area contributed by atoms with Gasteiger partial charge >= 0.3 is 0 Å². The van der Waals surface area contributed by atoms with Gasteiger partial charge in [0.25, 0.3) is 0 Å². The third kappa shape index (κ3) is 4.00. The quantitative estimate of drug-likeness (QED) is 0.188. The van der Waals surface area contributed by atoms with Crippen molar-refractivity contribution in [2.45, 2.75) is 0 Å². The summed E-state index contributed by atoms with van der Waals surface area (Å²) < 4.78 is 4.83. The van der Waals surface area contributed by atoms with Gasteiger partial charge in [-0.2, -0.15) is 0 Å². The van der Waals surface area contributed by atoms with E-state index in [0.29, 0.717) is 0 Å². The first-order valence-electron chi connectivity index (χ1n) is 16.5. The van der Waals surface area contributed by atoms with Gasteiger partial charge in [0, 0.05) is 32.6 Å². The molecule has 2 nitrogen and oxygen atoms in total. The van der Waals surface area contributed by atoms with Gasteiger partial charge in [0.05, 0.1) is 27.8 Å². The van der Waals surface area contributed by atoms with E-state index in [4.69, 9.17) is 0 Å². The topological polar surface area (TPSA) is 9.86 Å². The molecule has 10 rings (SSSR count). The Kier molecular flexibility index (Phi) is 5.91. The molecule has 2 aromatic heterocycles. The Bertz CT molecular complexity index is 2810. The van der Waals surface area contributed by atoms with E-state index in [1.807, 2.05) is 0 Å². The van der Waals surface area contributed by atoms with Crippen LogP contribution in [0, 0.1) is 0 Å². The minimum Gasteiger partial charge on any atom is -0.309 e. The van der Waals surface area contributed by atoms with E-state index in [-0.39, 0.29) is 0 Å². The van der Waals surface area contributed by atoms with Crippen molar-refractivity contribution < 1.29 is 0 Å². The van der Waals surface area contributed by atoms with Crippen LogP contribution in [0.15, 0.2) is 182 Å². The molecule has 0 fully saturated rings. The SMILES string of the molecule is c1ccc(-c2cccc3c2c2cc(-c4ccc5c(c4)c4ccccc4n5-c4cccc5ccccc45)ccc2n3-c2ccccc2)cc1. The second-order valence-corrected chi connectivity index (χ2v) is 12.6. The van der Waals surface area contributed by atoms with Crippen molar-refractivity contribution in [2.75, 3.05) is 0 Å². The number of benzene rings is 8. The molecule has 0 bridgehead atoms. The minimum atomic E-state index is 1.16. The van der Waals surface area contributed by atoms with Crippen LogP contribution in [0.1, 0.15) is 0 Å². The van der Waals surface area contributed by atoms with Gasteiger partial charge < -0.3 is 9.13 Å². The molecule has 0 amide bonds. The molecule has 0 unspecified atom stereocenters. The molecule has 0 N–H and O–H groups in total. The van der Waals surface area contributed by atoms with Gasteiger partial charge in [0.2, 0.25) is 0 Å². The van der Waals surface area contributed by atoms with Gasteiger partial charge in [0.15, 0.2) is 0 Å². The third-order valence-corrected chi connectivity index (χ3v) is 9.90. The molecule has 0 aliphatic rings. The normalized spacial score (nSPS) is 11.8. The number of nitrogens with zero attached hydrogens (tertiary/aromatic N) is 2. The van der Waals surface area contributed by atoms with Crippen molar-refractivity contribution in [3.63, 3.8) is 0 Å². The number of rotatable bonds is 4. The second-order valence-electron chi connectivity index (χ2n) is 12.6. The van der Waals surface area contributed by atoms with Gasteiger partial charge in [-0.25, -0.2) is 0 Å². The molecule has 0 atom stereocenters. The molecule has 0 saturated heterocycles. The van der Waals surface area contributed by atoms with Crippen molar-refractivity contribution in [1.82, 2.24) is 9.13 Å². The molecule has 0 radical (unpaired) electrons. The van der Waals surface area contributed by atoms with Crippen LogP contribution in [0.2, 0.25) is 0 Å². The molecule has 48 heavy (non-hydrogen) atoms. The third-order valence-electron chi connectivity index (χ3n) is 9.90. The molecule has 0 aliphatic heterocycles. The molecular formula is C46H30N2. The van der Waals surface area contributed by atoms with E-state index in [2.05, 4.69) is 191 Å². The molecule has 2 heteroatoms. The first kappa shape index (κ1) is 26.8. The summed E-state index contributed by atoms with van der Waals surface area (Å²) in [6.07, 6.45) is 0. The number of fused-ring (bicyclic) bond motifs is 7. The summed E-state index contributed by atoms with van der Waals surface area (Å²) in [6, 6.07) is 66.2. The largest absolute Gasteiger partial charge is 0.309 e. The zero-order valence-corrected chi connectivity index (χ0v) is 26.2. The fraction of sp³-hybridized carbons (Fsp3) is 0. The van der Waals surface area contributed by atoms with Crippen molar-refractivity contribution in [3.05, 3.63) is 182 Å². The highest BCUT2D eigenvalue weighted by molar-refractivity contribution is 6.17. The van der Waals surface area contributed by atoms with Crippen LogP contribution in [0.4, 0.5) is 0 Å². The zero-order chi connectivity index (χ0) is 31.6. The average Bonchev–Trinajstić information content (AvgIpc) is 3.67. The maximum atomic E-state index is 2.43. The van der Waals surface area contributed by atoms with E-state index in [0.717, 1.165) is 5.69 Å². The van der Waals surface area contributed by atoms with Gasteiger partial charge in [-0.1, -0.05) is 127 Å². The van der Waals surface area contributed by atoms with E-state index >= 15 is 0 Å². The summed E-state index contributed by atoms with van der Waals surface area (Å²) in [5.41, 5.74) is 12.1. The molecule has 0 aliphatic carbocycles. The van der Waals surface area contributed by atoms with Crippen LogP contribution in [0.25, 0.3) is 88.0 Å². The average molecular weight is 611 g/mol. The fourth-order valence-corrected chi connectivity index (χ4v) is 7.78. The van der Waals surface area contributed by atoms with Crippen molar-refractivity contribution in [2.24, 2.45) is 0 Å². The lowest BCUT2D eigenvalue weighted by Crippen LogP contribution is -1.95. The Morgan fingerprint density at radius 2 is 0.896 bits per heavy atom. The highest BCUT2D eigenvalue weighted by Gasteiger charge is 2.18. The monoisotopic (exact) mass is 610 g/mol. The van der Waals surface area contributed by atoms with E-state index in [9.17, 15) is 0 Å². The lowest BCUT2D eigenvalue weighted by atomic mass is 9.97.